The lowest BCUT2D eigenvalue weighted by Crippen LogP contribution is -2.59. The van der Waals surface area contributed by atoms with Gasteiger partial charge in [-0.2, -0.15) is 0 Å². The molecule has 5 nitrogen and oxygen atoms in total. The molecule has 1 spiro atoms. The molecule has 23 heavy (non-hydrogen) atoms. The van der Waals surface area contributed by atoms with Crippen molar-refractivity contribution in [3.63, 3.8) is 0 Å². The number of nitrogens with zero attached hydrogens (tertiary/aromatic N) is 2. The molecule has 5 heteroatoms. The van der Waals surface area contributed by atoms with Gasteiger partial charge in [0.1, 0.15) is 0 Å². The number of carbonyl (C=O) groups excluding carboxylic acids is 1. The number of carbonyl (C=O) groups is 1. The fourth-order valence-electron chi connectivity index (χ4n) is 3.26. The van der Waals surface area contributed by atoms with E-state index in [0.29, 0.717) is 25.0 Å². The Morgan fingerprint density at radius 3 is 2.65 bits per heavy atom. The predicted octanol–water partition coefficient (Wildman–Crippen LogP) is 2.22. The molecule has 0 aromatic heterocycles. The van der Waals surface area contributed by atoms with E-state index >= 15 is 0 Å². The Morgan fingerprint density at radius 2 is 2.04 bits per heavy atom. The van der Waals surface area contributed by atoms with Crippen LogP contribution in [0.5, 0.6) is 0 Å². The van der Waals surface area contributed by atoms with E-state index in [1.165, 1.54) is 12.8 Å². The molecule has 1 amide bonds. The van der Waals surface area contributed by atoms with Gasteiger partial charge in [0.05, 0.1) is 6.61 Å². The normalized spacial score (nSPS) is 20.6. The molecule has 2 rings (SSSR count). The molecule has 0 aliphatic carbocycles. The summed E-state index contributed by atoms with van der Waals surface area (Å²) >= 11 is 0. The minimum absolute atomic E-state index is 0.168. The van der Waals surface area contributed by atoms with Crippen LogP contribution in [0, 0.1) is 23.2 Å². The van der Waals surface area contributed by atoms with Crippen LogP contribution < -0.4 is 0 Å². The van der Waals surface area contributed by atoms with Crippen molar-refractivity contribution in [2.24, 2.45) is 10.8 Å². The van der Waals surface area contributed by atoms with Crippen molar-refractivity contribution in [3.05, 3.63) is 0 Å². The predicted molar refractivity (Wildman–Crippen MR) is 90.1 cm³/mol. The molecular weight excluding hydrogens is 292 g/mol. The molecule has 0 aromatic rings. The van der Waals surface area contributed by atoms with E-state index in [2.05, 4.69) is 10.8 Å². The second kappa shape index (κ2) is 7.55. The third-order valence-electron chi connectivity index (χ3n) is 4.90. The van der Waals surface area contributed by atoms with Crippen molar-refractivity contribution in [1.29, 1.82) is 0 Å². The summed E-state index contributed by atoms with van der Waals surface area (Å²) in [6.45, 7) is 10.0. The highest BCUT2D eigenvalue weighted by Crippen LogP contribution is 2.39. The van der Waals surface area contributed by atoms with E-state index in [4.69, 9.17) is 15.9 Å². The maximum atomic E-state index is 12.0. The zero-order valence-corrected chi connectivity index (χ0v) is 14.8. The van der Waals surface area contributed by atoms with Crippen molar-refractivity contribution in [3.8, 4) is 12.3 Å². The molecule has 0 atom stereocenters. The van der Waals surface area contributed by atoms with Gasteiger partial charge in [0, 0.05) is 63.7 Å². The number of terminal acetylenes is 1. The number of likely N-dealkylation sites (N-methyl/N-ethyl adjacent to an activating group) is 1. The van der Waals surface area contributed by atoms with Crippen LogP contribution in [0.2, 0.25) is 0 Å². The number of hydrogen-bond acceptors (Lipinski definition) is 4. The Morgan fingerprint density at radius 1 is 1.39 bits per heavy atom. The first kappa shape index (κ1) is 18.1. The Bertz CT molecular complexity index is 442. The standard InChI is InChI=1S/C18H30N2O3/c1-5-6-17(2,3)15-23-16(21)19(4)9-10-20-13-18(14-20)7-11-22-12-8-18/h1H,6-15H2,2-4H3. The van der Waals surface area contributed by atoms with Crippen molar-refractivity contribution < 1.29 is 14.3 Å². The van der Waals surface area contributed by atoms with Crippen molar-refractivity contribution in [2.45, 2.75) is 33.1 Å². The Hall–Kier alpha value is -1.25. The topological polar surface area (TPSA) is 42.0 Å². The summed E-state index contributed by atoms with van der Waals surface area (Å²) in [7, 11) is 1.79. The van der Waals surface area contributed by atoms with Crippen LogP contribution in [-0.2, 0) is 9.47 Å². The van der Waals surface area contributed by atoms with E-state index in [-0.39, 0.29) is 11.5 Å². The SMILES string of the molecule is C#CCC(C)(C)COC(=O)N(C)CCN1CC2(CCOCC2)C1. The van der Waals surface area contributed by atoms with Crippen LogP contribution in [-0.4, -0.2) is 68.9 Å². The first-order valence-electron chi connectivity index (χ1n) is 8.47. The molecule has 0 radical (unpaired) electrons. The number of likely N-dealkylation sites (tertiary alicyclic amines) is 1. The summed E-state index contributed by atoms with van der Waals surface area (Å²) in [5, 5.41) is 0. The Balaban J connectivity index is 1.62. The smallest absolute Gasteiger partial charge is 0.409 e. The summed E-state index contributed by atoms with van der Waals surface area (Å²) in [4.78, 5) is 16.1. The third kappa shape index (κ3) is 5.12. The molecule has 0 saturated carbocycles. The fourth-order valence-corrected chi connectivity index (χ4v) is 3.26. The second-order valence-electron chi connectivity index (χ2n) is 7.84. The molecule has 2 aliphatic heterocycles. The zero-order valence-electron chi connectivity index (χ0n) is 14.8. The van der Waals surface area contributed by atoms with Gasteiger partial charge < -0.3 is 19.3 Å². The van der Waals surface area contributed by atoms with E-state index < -0.39 is 0 Å². The summed E-state index contributed by atoms with van der Waals surface area (Å²) in [6.07, 6.45) is 8.01. The number of rotatable bonds is 6. The summed E-state index contributed by atoms with van der Waals surface area (Å²) in [5.41, 5.74) is 0.314. The molecule has 2 saturated heterocycles. The third-order valence-corrected chi connectivity index (χ3v) is 4.90. The average Bonchev–Trinajstić information content (AvgIpc) is 2.49. The van der Waals surface area contributed by atoms with Gasteiger partial charge in [0.25, 0.3) is 0 Å². The first-order valence-corrected chi connectivity index (χ1v) is 8.47. The molecule has 130 valence electrons. The Kier molecular flexibility index (Phi) is 5.94. The first-order chi connectivity index (χ1) is 10.9. The van der Waals surface area contributed by atoms with Crippen LogP contribution in [0.1, 0.15) is 33.1 Å². The van der Waals surface area contributed by atoms with Gasteiger partial charge in [-0.25, -0.2) is 4.79 Å². The fraction of sp³-hybridized carbons (Fsp3) is 0.833. The van der Waals surface area contributed by atoms with E-state index in [1.54, 1.807) is 11.9 Å². The minimum Gasteiger partial charge on any atom is -0.449 e. The molecule has 0 unspecified atom stereocenters. The molecule has 2 aliphatic rings. The van der Waals surface area contributed by atoms with Gasteiger partial charge in [0.15, 0.2) is 0 Å². The van der Waals surface area contributed by atoms with Gasteiger partial charge >= 0.3 is 6.09 Å². The maximum absolute atomic E-state index is 12.0. The van der Waals surface area contributed by atoms with E-state index in [1.807, 2.05) is 13.8 Å². The molecule has 0 bridgehead atoms. The Labute approximate surface area is 140 Å². The van der Waals surface area contributed by atoms with Gasteiger partial charge in [-0.1, -0.05) is 13.8 Å². The van der Waals surface area contributed by atoms with Crippen LogP contribution in [0.25, 0.3) is 0 Å². The monoisotopic (exact) mass is 322 g/mol. The lowest BCUT2D eigenvalue weighted by Gasteiger charge is -2.52. The summed E-state index contributed by atoms with van der Waals surface area (Å²) in [6, 6.07) is 0. The molecule has 2 heterocycles. The second-order valence-corrected chi connectivity index (χ2v) is 7.84. The van der Waals surface area contributed by atoms with E-state index in [9.17, 15) is 4.79 Å². The van der Waals surface area contributed by atoms with Gasteiger partial charge in [0.2, 0.25) is 0 Å². The highest BCUT2D eigenvalue weighted by atomic mass is 16.6. The molecule has 0 aromatic carbocycles. The molecular formula is C18H30N2O3. The van der Waals surface area contributed by atoms with Crippen molar-refractivity contribution in [2.75, 3.05) is 53.0 Å². The molecule has 2 fully saturated rings. The van der Waals surface area contributed by atoms with Gasteiger partial charge in [-0.15, -0.1) is 12.3 Å². The minimum atomic E-state index is -0.267. The van der Waals surface area contributed by atoms with Crippen LogP contribution in [0.4, 0.5) is 4.79 Å². The van der Waals surface area contributed by atoms with Gasteiger partial charge in [-0.3, -0.25) is 0 Å². The lowest BCUT2D eigenvalue weighted by atomic mass is 9.73. The van der Waals surface area contributed by atoms with Crippen LogP contribution in [0.15, 0.2) is 0 Å². The largest absolute Gasteiger partial charge is 0.449 e. The highest BCUT2D eigenvalue weighted by Gasteiger charge is 2.43. The van der Waals surface area contributed by atoms with Crippen molar-refractivity contribution in [1.82, 2.24) is 9.80 Å². The van der Waals surface area contributed by atoms with E-state index in [0.717, 1.165) is 32.8 Å². The van der Waals surface area contributed by atoms with Gasteiger partial charge in [-0.05, 0) is 12.8 Å². The van der Waals surface area contributed by atoms with Crippen LogP contribution >= 0.6 is 0 Å². The van der Waals surface area contributed by atoms with Crippen LogP contribution in [0.3, 0.4) is 0 Å². The number of amides is 1. The summed E-state index contributed by atoms with van der Waals surface area (Å²) in [5.74, 6) is 2.62. The number of ether oxygens (including phenoxy) is 2. The maximum Gasteiger partial charge on any atom is 0.409 e. The molecule has 0 N–H and O–H groups in total. The number of hydrogen-bond donors (Lipinski definition) is 0. The highest BCUT2D eigenvalue weighted by molar-refractivity contribution is 5.67. The average molecular weight is 322 g/mol. The zero-order chi connectivity index (χ0) is 16.9. The summed E-state index contributed by atoms with van der Waals surface area (Å²) < 4.78 is 10.8. The van der Waals surface area contributed by atoms with Crippen molar-refractivity contribution >= 4 is 6.09 Å². The quantitative estimate of drug-likeness (QED) is 0.703. The lowest BCUT2D eigenvalue weighted by molar-refractivity contribution is -0.0814.